The Hall–Kier alpha value is -1.37. The molecule has 0 unspecified atom stereocenters. The summed E-state index contributed by atoms with van der Waals surface area (Å²) in [4.78, 5) is 4.86. The monoisotopic (exact) mass is 398 g/mol. The highest BCUT2D eigenvalue weighted by molar-refractivity contribution is 9.10. The van der Waals surface area contributed by atoms with E-state index in [9.17, 15) is 8.42 Å². The van der Waals surface area contributed by atoms with Crippen LogP contribution in [0.1, 0.15) is 0 Å². The number of rotatable bonds is 2. The summed E-state index contributed by atoms with van der Waals surface area (Å²) in [6.07, 6.45) is 1.19. The van der Waals surface area contributed by atoms with E-state index in [1.807, 2.05) is 17.7 Å². The molecule has 114 valence electrons. The Labute approximate surface area is 141 Å². The van der Waals surface area contributed by atoms with Gasteiger partial charge in [-0.1, -0.05) is 27.5 Å². The van der Waals surface area contributed by atoms with Crippen molar-refractivity contribution in [3.05, 3.63) is 45.9 Å². The minimum absolute atomic E-state index is 0.288. The lowest BCUT2D eigenvalue weighted by molar-refractivity contribution is 0.602. The van der Waals surface area contributed by atoms with E-state index in [1.54, 1.807) is 30.3 Å². The summed E-state index contributed by atoms with van der Waals surface area (Å²) in [6.45, 7) is 0. The number of hydrogen-bond donors (Lipinski definition) is 0. The Bertz CT molecular complexity index is 979. The summed E-state index contributed by atoms with van der Waals surface area (Å²) < 4.78 is 25.9. The number of sulfone groups is 1. The fraction of sp³-hybridized carbons (Fsp3) is 0.133. The first-order chi connectivity index (χ1) is 10.3. The average molecular weight is 400 g/mol. The van der Waals surface area contributed by atoms with E-state index in [2.05, 4.69) is 20.9 Å². The second-order valence-corrected chi connectivity index (χ2v) is 8.38. The normalized spacial score (nSPS) is 12.0. The van der Waals surface area contributed by atoms with Crippen molar-refractivity contribution < 1.29 is 8.42 Å². The highest BCUT2D eigenvalue weighted by Crippen LogP contribution is 2.31. The van der Waals surface area contributed by atoms with Crippen molar-refractivity contribution in [1.29, 1.82) is 0 Å². The SMILES string of the molecule is Cn1c(-c2ccc(S(C)(=O)=O)cc2)nc2c(Cl)cc(Br)cc21. The molecule has 0 radical (unpaired) electrons. The van der Waals surface area contributed by atoms with E-state index in [-0.39, 0.29) is 4.90 Å². The minimum atomic E-state index is -3.20. The molecule has 2 aromatic carbocycles. The molecule has 0 spiro atoms. The second kappa shape index (κ2) is 5.37. The van der Waals surface area contributed by atoms with Crippen LogP contribution in [0.3, 0.4) is 0 Å². The van der Waals surface area contributed by atoms with Gasteiger partial charge < -0.3 is 4.57 Å². The third kappa shape index (κ3) is 2.66. The molecule has 4 nitrogen and oxygen atoms in total. The molecule has 0 bridgehead atoms. The van der Waals surface area contributed by atoms with E-state index in [1.165, 1.54) is 6.26 Å². The molecule has 1 heterocycles. The maximum atomic E-state index is 11.5. The number of benzene rings is 2. The predicted octanol–water partition coefficient (Wildman–Crippen LogP) is 4.06. The molecule has 0 aliphatic rings. The van der Waals surface area contributed by atoms with Crippen molar-refractivity contribution >= 4 is 48.4 Å². The summed E-state index contributed by atoms with van der Waals surface area (Å²) in [6, 6.07) is 10.4. The van der Waals surface area contributed by atoms with Crippen molar-refractivity contribution in [1.82, 2.24) is 9.55 Å². The topological polar surface area (TPSA) is 52.0 Å². The fourth-order valence-electron chi connectivity index (χ4n) is 2.32. The molecule has 0 saturated carbocycles. The number of hydrogen-bond acceptors (Lipinski definition) is 3. The number of nitrogens with zero attached hydrogens (tertiary/aromatic N) is 2. The van der Waals surface area contributed by atoms with Gasteiger partial charge in [-0.25, -0.2) is 13.4 Å². The lowest BCUT2D eigenvalue weighted by Crippen LogP contribution is -1.97. The van der Waals surface area contributed by atoms with Crippen molar-refractivity contribution in [2.24, 2.45) is 7.05 Å². The summed E-state index contributed by atoms with van der Waals surface area (Å²) in [5.74, 6) is 0.732. The molecule has 1 aromatic heterocycles. The lowest BCUT2D eigenvalue weighted by Gasteiger charge is -2.04. The van der Waals surface area contributed by atoms with Crippen LogP contribution in [0.15, 0.2) is 45.8 Å². The van der Waals surface area contributed by atoms with E-state index in [0.29, 0.717) is 5.02 Å². The van der Waals surface area contributed by atoms with Gasteiger partial charge in [-0.05, 0) is 36.4 Å². The van der Waals surface area contributed by atoms with Gasteiger partial charge in [0, 0.05) is 23.3 Å². The van der Waals surface area contributed by atoms with Crippen LogP contribution in [0, 0.1) is 0 Å². The molecule has 0 fully saturated rings. The van der Waals surface area contributed by atoms with Gasteiger partial charge >= 0.3 is 0 Å². The first-order valence-corrected chi connectivity index (χ1v) is 9.45. The Balaban J connectivity index is 2.18. The summed E-state index contributed by atoms with van der Waals surface area (Å²) in [7, 11) is -1.30. The van der Waals surface area contributed by atoms with Crippen LogP contribution in [0.25, 0.3) is 22.4 Å². The molecule has 3 aromatic rings. The smallest absolute Gasteiger partial charge is 0.175 e. The molecule has 0 saturated heterocycles. The Kier molecular flexibility index (Phi) is 3.79. The molecule has 0 atom stereocenters. The van der Waals surface area contributed by atoms with Gasteiger partial charge in [0.25, 0.3) is 0 Å². The molecular formula is C15H12BrClN2O2S. The minimum Gasteiger partial charge on any atom is -0.327 e. The van der Waals surface area contributed by atoms with E-state index < -0.39 is 9.84 Å². The first kappa shape index (κ1) is 15.5. The Morgan fingerprint density at radius 3 is 2.41 bits per heavy atom. The van der Waals surface area contributed by atoms with Crippen LogP contribution in [0.5, 0.6) is 0 Å². The number of fused-ring (bicyclic) bond motifs is 1. The second-order valence-electron chi connectivity index (χ2n) is 5.05. The maximum absolute atomic E-state index is 11.5. The van der Waals surface area contributed by atoms with Crippen LogP contribution in [0.2, 0.25) is 5.02 Å². The largest absolute Gasteiger partial charge is 0.327 e. The van der Waals surface area contributed by atoms with Gasteiger partial charge in [-0.3, -0.25) is 0 Å². The van der Waals surface area contributed by atoms with Crippen LogP contribution < -0.4 is 0 Å². The van der Waals surface area contributed by atoms with Gasteiger partial charge in [0.2, 0.25) is 0 Å². The van der Waals surface area contributed by atoms with Crippen molar-refractivity contribution in [3.8, 4) is 11.4 Å². The molecule has 0 aliphatic heterocycles. The molecular weight excluding hydrogens is 388 g/mol. The summed E-state index contributed by atoms with van der Waals surface area (Å²) >= 11 is 9.66. The first-order valence-electron chi connectivity index (χ1n) is 6.39. The van der Waals surface area contributed by atoms with Gasteiger partial charge in [0.15, 0.2) is 9.84 Å². The van der Waals surface area contributed by atoms with Crippen LogP contribution in [-0.4, -0.2) is 24.2 Å². The number of aryl methyl sites for hydroxylation is 1. The zero-order chi connectivity index (χ0) is 16.1. The fourth-order valence-corrected chi connectivity index (χ4v) is 3.79. The highest BCUT2D eigenvalue weighted by Gasteiger charge is 2.14. The van der Waals surface area contributed by atoms with E-state index in [0.717, 1.165) is 26.9 Å². The third-order valence-corrected chi connectivity index (χ3v) is 5.32. The Morgan fingerprint density at radius 1 is 1.18 bits per heavy atom. The lowest BCUT2D eigenvalue weighted by atomic mass is 10.2. The van der Waals surface area contributed by atoms with Gasteiger partial charge in [-0.2, -0.15) is 0 Å². The van der Waals surface area contributed by atoms with Gasteiger partial charge in [0.1, 0.15) is 11.3 Å². The van der Waals surface area contributed by atoms with Crippen molar-refractivity contribution in [2.75, 3.05) is 6.26 Å². The van der Waals surface area contributed by atoms with Crippen LogP contribution in [0.4, 0.5) is 0 Å². The molecule has 0 amide bonds. The van der Waals surface area contributed by atoms with Gasteiger partial charge in [-0.15, -0.1) is 0 Å². The van der Waals surface area contributed by atoms with Crippen LogP contribution >= 0.6 is 27.5 Å². The summed E-state index contributed by atoms with van der Waals surface area (Å²) in [5.41, 5.74) is 2.45. The van der Waals surface area contributed by atoms with E-state index in [4.69, 9.17) is 11.6 Å². The Morgan fingerprint density at radius 2 is 1.82 bits per heavy atom. The van der Waals surface area contributed by atoms with Crippen molar-refractivity contribution in [2.45, 2.75) is 4.90 Å². The molecule has 7 heteroatoms. The zero-order valence-electron chi connectivity index (χ0n) is 11.8. The quantitative estimate of drug-likeness (QED) is 0.653. The molecule has 3 rings (SSSR count). The molecule has 0 aliphatic carbocycles. The molecule has 0 N–H and O–H groups in total. The number of halogens is 2. The van der Waals surface area contributed by atoms with Crippen molar-refractivity contribution in [3.63, 3.8) is 0 Å². The highest BCUT2D eigenvalue weighted by atomic mass is 79.9. The van der Waals surface area contributed by atoms with Crippen LogP contribution in [-0.2, 0) is 16.9 Å². The summed E-state index contributed by atoms with van der Waals surface area (Å²) in [5, 5.41) is 0.569. The standard InChI is InChI=1S/C15H12BrClN2O2S/c1-19-13-8-10(16)7-12(17)14(13)18-15(19)9-3-5-11(6-4-9)22(2,20)21/h3-8H,1-2H3. The van der Waals surface area contributed by atoms with Gasteiger partial charge in [0.05, 0.1) is 15.4 Å². The maximum Gasteiger partial charge on any atom is 0.175 e. The average Bonchev–Trinajstić information content (AvgIpc) is 2.76. The predicted molar refractivity (Wildman–Crippen MR) is 92.0 cm³/mol. The number of aromatic nitrogens is 2. The number of imidazole rings is 1. The molecule has 22 heavy (non-hydrogen) atoms. The van der Waals surface area contributed by atoms with E-state index >= 15 is 0 Å². The zero-order valence-corrected chi connectivity index (χ0v) is 15.0. The third-order valence-electron chi connectivity index (χ3n) is 3.45.